The summed E-state index contributed by atoms with van der Waals surface area (Å²) in [5, 5.41) is 34.2. The Labute approximate surface area is 642 Å². The molecule has 0 atom stereocenters. The highest BCUT2D eigenvalue weighted by molar-refractivity contribution is 6.01. The lowest BCUT2D eigenvalue weighted by molar-refractivity contribution is -0.735. The van der Waals surface area contributed by atoms with Crippen LogP contribution in [0.5, 0.6) is 0 Å². The van der Waals surface area contributed by atoms with Gasteiger partial charge in [0.2, 0.25) is 16.9 Å². The number of hydrogen-bond donors (Lipinski definition) is 0. The molecular formula is C98H116N10+6. The van der Waals surface area contributed by atoms with E-state index in [2.05, 4.69) is 342 Å². The standard InChI is InChI=1S/2C15H14N.4C14H13N2.6C2H6/c1-11-7-14-8-12-5-3-4-6-13(12)9-15(14)10-16(11)2;1-11-7-8-14-9-12-5-3-4-6-13(12)10-15(14)16(11)2;1-10-13-7-11-5-3-4-6-12(11)8-14(13)15-9-16(10)2;1-10-15-14-8-12-6-4-3-5-11(12)7-13(14)9-16(10)2;1-10-14-8-12-6-4-3-5-11(12)7-13(14)9-15-16(10)2;1-10-7-13-8-11-5-3-4-6-12(11)9-14(13)15-16(10)2;6*1-2/h2*3-10H,1-2H3;4*3-9H,1-2H3;6*1-2H3/q6*+1;;;;;;. The number of rotatable bonds is 0. The molecule has 6 aromatic heterocycles. The molecule has 552 valence electrons. The Balaban J connectivity index is 0.000000175. The van der Waals surface area contributed by atoms with Crippen LogP contribution in [0.1, 0.15) is 117 Å². The molecule has 0 amide bonds. The fourth-order valence-electron chi connectivity index (χ4n) is 12.5. The van der Waals surface area contributed by atoms with Gasteiger partial charge in [-0.05, 0) is 165 Å². The zero-order chi connectivity index (χ0) is 78.7. The molecule has 0 aliphatic rings. The van der Waals surface area contributed by atoms with Gasteiger partial charge in [-0.3, -0.25) is 0 Å². The number of fused-ring (bicyclic) bond motifs is 12. The van der Waals surface area contributed by atoms with E-state index >= 15 is 0 Å². The lowest BCUT2D eigenvalue weighted by atomic mass is 10.0. The highest BCUT2D eigenvalue weighted by atomic mass is 15.2. The van der Waals surface area contributed by atoms with Gasteiger partial charge in [0.15, 0.2) is 42.7 Å². The van der Waals surface area contributed by atoms with Gasteiger partial charge in [-0.15, -0.1) is 0 Å². The quantitative estimate of drug-likeness (QED) is 0.112. The van der Waals surface area contributed by atoms with Gasteiger partial charge in [0.05, 0.1) is 30.3 Å². The van der Waals surface area contributed by atoms with Crippen LogP contribution in [0.4, 0.5) is 0 Å². The molecule has 0 N–H and O–H groups in total. The molecule has 0 saturated heterocycles. The molecule has 0 bridgehead atoms. The van der Waals surface area contributed by atoms with E-state index in [1.165, 1.54) is 142 Å². The van der Waals surface area contributed by atoms with Crippen LogP contribution in [0.2, 0.25) is 0 Å². The molecule has 18 aromatic rings. The van der Waals surface area contributed by atoms with Gasteiger partial charge in [-0.1, -0.05) is 238 Å². The van der Waals surface area contributed by atoms with E-state index in [9.17, 15) is 0 Å². The summed E-state index contributed by atoms with van der Waals surface area (Å²) in [7, 11) is 12.2. The average Bonchev–Trinajstić information content (AvgIpc) is 1.34. The fourth-order valence-corrected chi connectivity index (χ4v) is 12.5. The lowest BCUT2D eigenvalue weighted by Gasteiger charge is -2.02. The summed E-state index contributed by atoms with van der Waals surface area (Å²) in [6.07, 6.45) is 8.11. The van der Waals surface area contributed by atoms with E-state index < -0.39 is 0 Å². The second-order valence-electron chi connectivity index (χ2n) is 25.3. The molecule has 0 aliphatic carbocycles. The van der Waals surface area contributed by atoms with E-state index in [0.717, 1.165) is 22.4 Å². The number of pyridine rings is 2. The van der Waals surface area contributed by atoms with Crippen LogP contribution in [0.3, 0.4) is 0 Å². The molecule has 10 heteroatoms. The summed E-state index contributed by atoms with van der Waals surface area (Å²) >= 11 is 0. The Kier molecular flexibility index (Phi) is 31.6. The highest BCUT2D eigenvalue weighted by Crippen LogP contribution is 2.27. The van der Waals surface area contributed by atoms with E-state index in [-0.39, 0.29) is 0 Å². The van der Waals surface area contributed by atoms with Gasteiger partial charge in [-0.25, -0.2) is 13.7 Å². The number of benzene rings is 12. The molecule has 0 radical (unpaired) electrons. The van der Waals surface area contributed by atoms with E-state index in [0.29, 0.717) is 0 Å². The molecule has 6 heterocycles. The van der Waals surface area contributed by atoms with Crippen molar-refractivity contribution in [1.29, 1.82) is 0 Å². The minimum Gasteiger partial charge on any atom is -0.237 e. The van der Waals surface area contributed by atoms with Crippen LogP contribution in [-0.2, 0) is 42.3 Å². The normalized spacial score (nSPS) is 10.2. The third-order valence-electron chi connectivity index (χ3n) is 18.9. The van der Waals surface area contributed by atoms with Crippen LogP contribution >= 0.6 is 0 Å². The molecule has 108 heavy (non-hydrogen) atoms. The minimum absolute atomic E-state index is 1.03. The highest BCUT2D eigenvalue weighted by Gasteiger charge is 2.14. The van der Waals surface area contributed by atoms with E-state index in [1.54, 1.807) is 0 Å². The first-order chi connectivity index (χ1) is 52.5. The van der Waals surface area contributed by atoms with Crippen molar-refractivity contribution in [2.24, 2.45) is 42.3 Å². The molecule has 0 aliphatic heterocycles. The molecule has 0 unspecified atom stereocenters. The van der Waals surface area contributed by atoms with Crippen molar-refractivity contribution >= 4 is 130 Å². The van der Waals surface area contributed by atoms with Crippen LogP contribution in [-0.4, -0.2) is 20.2 Å². The first-order valence-corrected chi connectivity index (χ1v) is 38.7. The molecule has 0 spiro atoms. The summed E-state index contributed by atoms with van der Waals surface area (Å²) in [5.41, 5.74) is 10.6. The Morgan fingerprint density at radius 2 is 0.639 bits per heavy atom. The van der Waals surface area contributed by atoms with Gasteiger partial charge < -0.3 is 0 Å². The van der Waals surface area contributed by atoms with Gasteiger partial charge >= 0.3 is 0 Å². The van der Waals surface area contributed by atoms with Gasteiger partial charge in [-0.2, -0.15) is 4.57 Å². The predicted octanol–water partition coefficient (Wildman–Crippen LogP) is 22.5. The molecule has 12 aromatic carbocycles. The van der Waals surface area contributed by atoms with Crippen molar-refractivity contribution in [3.8, 4) is 0 Å². The predicted molar refractivity (Wildman–Crippen MR) is 463 cm³/mol. The third-order valence-corrected chi connectivity index (χ3v) is 18.9. The maximum absolute atomic E-state index is 4.59. The van der Waals surface area contributed by atoms with Crippen molar-refractivity contribution in [2.75, 3.05) is 0 Å². The second kappa shape index (κ2) is 40.8. The number of hydrogen-bond acceptors (Lipinski definition) is 4. The zero-order valence-electron chi connectivity index (χ0n) is 68.9. The summed E-state index contributed by atoms with van der Waals surface area (Å²) in [5.74, 6) is 1.03. The average molecular weight is 1430 g/mol. The maximum Gasteiger partial charge on any atom is 0.295 e. The Bertz CT molecular complexity index is 5190. The summed E-state index contributed by atoms with van der Waals surface area (Å²) in [6.45, 7) is 36.6. The van der Waals surface area contributed by atoms with Gasteiger partial charge in [0.25, 0.3) is 12.2 Å². The van der Waals surface area contributed by atoms with Crippen molar-refractivity contribution < 1.29 is 27.6 Å². The van der Waals surface area contributed by atoms with Gasteiger partial charge in [0.1, 0.15) is 37.7 Å². The van der Waals surface area contributed by atoms with Crippen molar-refractivity contribution in [3.05, 3.63) is 302 Å². The van der Waals surface area contributed by atoms with Crippen LogP contribution in [0.25, 0.3) is 130 Å². The Hall–Kier alpha value is -11.6. The molecule has 10 nitrogen and oxygen atoms in total. The fraction of sp³-hybridized carbons (Fsp3) is 0.245. The summed E-state index contributed by atoms with van der Waals surface area (Å²) in [6, 6.07) is 85.9. The van der Waals surface area contributed by atoms with Crippen LogP contribution in [0, 0.1) is 41.5 Å². The van der Waals surface area contributed by atoms with Crippen LogP contribution < -0.4 is 27.6 Å². The smallest absolute Gasteiger partial charge is 0.237 e. The van der Waals surface area contributed by atoms with Gasteiger partial charge in [0, 0.05) is 85.5 Å². The van der Waals surface area contributed by atoms with Crippen molar-refractivity contribution in [1.82, 2.24) is 20.2 Å². The SMILES string of the molecule is CC.CC.CC.CC.CC.CC.Cc1c2cc3ccccc3cc2cn[n+]1C.Cc1c2cc3ccccc3cc2nc[n+]1C.Cc1cc2cc3ccccc3cc2c[n+]1C.Cc1cc2cc3ccccc3cc2n[n+]1C.Cc1ccc2cc3ccccc3cc2[n+]1C.Cc1nc2cc3ccccc3cc2c[n+]1C. The Morgan fingerprint density at radius 3 is 1.14 bits per heavy atom. The zero-order valence-corrected chi connectivity index (χ0v) is 68.9. The van der Waals surface area contributed by atoms with Crippen molar-refractivity contribution in [2.45, 2.75) is 125 Å². The molecule has 0 fully saturated rings. The minimum atomic E-state index is 1.03. The number of aromatic nitrogens is 10. The summed E-state index contributed by atoms with van der Waals surface area (Å²) < 4.78 is 12.3. The first-order valence-electron chi connectivity index (χ1n) is 38.7. The monoisotopic (exact) mass is 1430 g/mol. The van der Waals surface area contributed by atoms with Crippen LogP contribution in [0.15, 0.2) is 268 Å². The van der Waals surface area contributed by atoms with Crippen molar-refractivity contribution in [3.63, 3.8) is 0 Å². The maximum atomic E-state index is 4.59. The van der Waals surface area contributed by atoms with E-state index in [1.807, 2.05) is 140 Å². The number of nitrogens with zero attached hydrogens (tertiary/aromatic N) is 10. The summed E-state index contributed by atoms with van der Waals surface area (Å²) in [4.78, 5) is 9.04. The van der Waals surface area contributed by atoms with E-state index in [4.69, 9.17) is 0 Å². The second-order valence-corrected chi connectivity index (χ2v) is 25.3. The number of aryl methyl sites for hydroxylation is 12. The molecule has 0 saturated carbocycles. The Morgan fingerprint density at radius 1 is 0.259 bits per heavy atom. The third kappa shape index (κ3) is 20.3. The lowest BCUT2D eigenvalue weighted by Crippen LogP contribution is -2.36. The topological polar surface area (TPSA) is 74.8 Å². The largest absolute Gasteiger partial charge is 0.295 e. The molecular weight excluding hydrogens is 1320 g/mol. The molecule has 18 rings (SSSR count). The first kappa shape index (κ1) is 83.7.